The van der Waals surface area contributed by atoms with Gasteiger partial charge >= 0.3 is 0 Å². The van der Waals surface area contributed by atoms with E-state index < -0.39 is 0 Å². The number of thioether (sulfide) groups is 1. The summed E-state index contributed by atoms with van der Waals surface area (Å²) in [6.07, 6.45) is 2.57. The zero-order valence-corrected chi connectivity index (χ0v) is 18.5. The highest BCUT2D eigenvalue weighted by Crippen LogP contribution is 2.36. The molecule has 5 rings (SSSR count). The van der Waals surface area contributed by atoms with Crippen molar-refractivity contribution in [1.82, 2.24) is 19.7 Å². The number of fused-ring (bicyclic) bond motifs is 1. The normalized spacial score (nSPS) is 16.3. The number of nitrogens with zero attached hydrogens (tertiary/aromatic N) is 4. The van der Waals surface area contributed by atoms with Crippen LogP contribution in [0.5, 0.6) is 0 Å². The molecule has 2 aromatic carbocycles. The van der Waals surface area contributed by atoms with Crippen LogP contribution in [0.4, 0.5) is 0 Å². The lowest BCUT2D eigenvalue weighted by Gasteiger charge is -2.13. The molecule has 5 nitrogen and oxygen atoms in total. The Kier molecular flexibility index (Phi) is 5.32. The SMILES string of the molecule is CCn1c(S[C@H]2CCCC2=O)nnc1-c1cc(-c2ccc(C)cc2)nc2ccccc12. The van der Waals surface area contributed by atoms with Crippen LogP contribution in [-0.2, 0) is 11.3 Å². The first-order valence-electron chi connectivity index (χ1n) is 10.7. The molecule has 6 heteroatoms. The van der Waals surface area contributed by atoms with Gasteiger partial charge in [-0.15, -0.1) is 10.2 Å². The van der Waals surface area contributed by atoms with E-state index in [2.05, 4.69) is 65.0 Å². The minimum atomic E-state index is -0.000321. The molecule has 1 fully saturated rings. The number of hydrogen-bond donors (Lipinski definition) is 0. The van der Waals surface area contributed by atoms with Crippen molar-refractivity contribution in [3.05, 3.63) is 60.2 Å². The summed E-state index contributed by atoms with van der Waals surface area (Å²) in [5.74, 6) is 1.15. The highest BCUT2D eigenvalue weighted by Gasteiger charge is 2.28. The second-order valence-electron chi connectivity index (χ2n) is 7.95. The van der Waals surface area contributed by atoms with Crippen LogP contribution in [0.1, 0.15) is 31.7 Å². The molecule has 31 heavy (non-hydrogen) atoms. The Morgan fingerprint density at radius 3 is 2.65 bits per heavy atom. The molecule has 0 N–H and O–H groups in total. The smallest absolute Gasteiger partial charge is 0.192 e. The van der Waals surface area contributed by atoms with Gasteiger partial charge < -0.3 is 4.57 Å². The average Bonchev–Trinajstić information content (AvgIpc) is 3.39. The molecule has 2 heterocycles. The van der Waals surface area contributed by atoms with Gasteiger partial charge in [0.05, 0.1) is 16.5 Å². The first-order chi connectivity index (χ1) is 15.1. The van der Waals surface area contributed by atoms with Crippen molar-refractivity contribution in [3.63, 3.8) is 0 Å². The van der Waals surface area contributed by atoms with Gasteiger partial charge in [-0.2, -0.15) is 0 Å². The molecule has 4 aromatic rings. The topological polar surface area (TPSA) is 60.7 Å². The Bertz CT molecular complexity index is 1260. The van der Waals surface area contributed by atoms with Crippen LogP contribution in [0.3, 0.4) is 0 Å². The van der Waals surface area contributed by atoms with Gasteiger partial charge in [-0.3, -0.25) is 4.79 Å². The molecule has 0 bridgehead atoms. The minimum Gasteiger partial charge on any atom is -0.302 e. The predicted molar refractivity (Wildman–Crippen MR) is 125 cm³/mol. The molecule has 2 aromatic heterocycles. The second-order valence-corrected chi connectivity index (χ2v) is 9.12. The zero-order valence-electron chi connectivity index (χ0n) is 17.7. The van der Waals surface area contributed by atoms with E-state index in [1.54, 1.807) is 11.8 Å². The van der Waals surface area contributed by atoms with Crippen molar-refractivity contribution in [2.75, 3.05) is 0 Å². The number of benzene rings is 2. The Balaban J connectivity index is 1.64. The van der Waals surface area contributed by atoms with E-state index in [1.165, 1.54) is 5.56 Å². The summed E-state index contributed by atoms with van der Waals surface area (Å²) in [6, 6.07) is 18.7. The van der Waals surface area contributed by atoms with Crippen LogP contribution >= 0.6 is 11.8 Å². The average molecular weight is 429 g/mol. The van der Waals surface area contributed by atoms with Crippen LogP contribution in [-0.4, -0.2) is 30.8 Å². The third-order valence-electron chi connectivity index (χ3n) is 5.83. The Labute approximate surface area is 185 Å². The first kappa shape index (κ1) is 19.9. The molecular formula is C25H24N4OS. The number of rotatable bonds is 5. The van der Waals surface area contributed by atoms with Crippen molar-refractivity contribution in [3.8, 4) is 22.6 Å². The number of para-hydroxylation sites is 1. The van der Waals surface area contributed by atoms with Crippen molar-refractivity contribution >= 4 is 28.4 Å². The largest absolute Gasteiger partial charge is 0.302 e. The Morgan fingerprint density at radius 2 is 1.90 bits per heavy atom. The van der Waals surface area contributed by atoms with Gasteiger partial charge in [0.15, 0.2) is 11.0 Å². The molecule has 0 unspecified atom stereocenters. The summed E-state index contributed by atoms with van der Waals surface area (Å²) < 4.78 is 2.12. The molecular weight excluding hydrogens is 404 g/mol. The third kappa shape index (κ3) is 3.76. The number of carbonyl (C=O) groups is 1. The van der Waals surface area contributed by atoms with Crippen LogP contribution < -0.4 is 0 Å². The summed E-state index contributed by atoms with van der Waals surface area (Å²) >= 11 is 1.56. The standard InChI is InChI=1S/C25H24N4OS/c1-3-29-24(27-28-25(29)31-23-10-6-9-22(23)30)19-15-21(17-13-11-16(2)12-14-17)26-20-8-5-4-7-18(19)20/h4-5,7-8,11-15,23H,3,6,9-10H2,1-2H3/t23-/m0/s1. The maximum Gasteiger partial charge on any atom is 0.192 e. The van der Waals surface area contributed by atoms with E-state index >= 15 is 0 Å². The minimum absolute atomic E-state index is 0.000321. The van der Waals surface area contributed by atoms with Gasteiger partial charge in [-0.25, -0.2) is 4.98 Å². The highest BCUT2D eigenvalue weighted by atomic mass is 32.2. The third-order valence-corrected chi connectivity index (χ3v) is 7.13. The Hall–Kier alpha value is -2.99. The van der Waals surface area contributed by atoms with Gasteiger partial charge in [-0.1, -0.05) is 59.8 Å². The van der Waals surface area contributed by atoms with Gasteiger partial charge in [0.25, 0.3) is 0 Å². The van der Waals surface area contributed by atoms with Gasteiger partial charge in [-0.05, 0) is 38.8 Å². The van der Waals surface area contributed by atoms with E-state index in [0.29, 0.717) is 12.2 Å². The quantitative estimate of drug-likeness (QED) is 0.408. The second kappa shape index (κ2) is 8.27. The van der Waals surface area contributed by atoms with E-state index in [9.17, 15) is 4.79 Å². The van der Waals surface area contributed by atoms with Gasteiger partial charge in [0, 0.05) is 29.5 Å². The summed E-state index contributed by atoms with van der Waals surface area (Å²) in [4.78, 5) is 17.1. The number of hydrogen-bond acceptors (Lipinski definition) is 5. The molecule has 0 aliphatic heterocycles. The molecule has 1 saturated carbocycles. The van der Waals surface area contributed by atoms with E-state index in [1.807, 2.05) is 18.2 Å². The van der Waals surface area contributed by atoms with Gasteiger partial charge in [0.2, 0.25) is 0 Å². The van der Waals surface area contributed by atoms with E-state index in [0.717, 1.165) is 58.1 Å². The number of aryl methyl sites for hydroxylation is 1. The number of carbonyl (C=O) groups excluding carboxylic acids is 1. The fourth-order valence-corrected chi connectivity index (χ4v) is 5.35. The van der Waals surface area contributed by atoms with E-state index in [4.69, 9.17) is 4.98 Å². The van der Waals surface area contributed by atoms with Crippen LogP contribution in [0.25, 0.3) is 33.5 Å². The number of aromatic nitrogens is 4. The van der Waals surface area contributed by atoms with Crippen molar-refractivity contribution < 1.29 is 4.79 Å². The summed E-state index contributed by atoms with van der Waals surface area (Å²) in [6.45, 7) is 4.92. The zero-order chi connectivity index (χ0) is 21.4. The number of pyridine rings is 1. The predicted octanol–water partition coefficient (Wildman–Crippen LogP) is 5.70. The number of Topliss-reactive ketones (excluding diaryl/α,β-unsaturated/α-hetero) is 1. The van der Waals surface area contributed by atoms with Crippen molar-refractivity contribution in [2.24, 2.45) is 0 Å². The maximum absolute atomic E-state index is 12.2. The highest BCUT2D eigenvalue weighted by molar-refractivity contribution is 8.00. The summed E-state index contributed by atoms with van der Waals surface area (Å²) in [7, 11) is 0. The molecule has 1 aliphatic carbocycles. The molecule has 0 radical (unpaired) electrons. The lowest BCUT2D eigenvalue weighted by Crippen LogP contribution is -2.10. The molecule has 0 saturated heterocycles. The van der Waals surface area contributed by atoms with Gasteiger partial charge in [0.1, 0.15) is 5.78 Å². The maximum atomic E-state index is 12.2. The molecule has 1 atom stereocenters. The van der Waals surface area contributed by atoms with Crippen molar-refractivity contribution in [2.45, 2.75) is 50.1 Å². The summed E-state index contributed by atoms with van der Waals surface area (Å²) in [5.41, 5.74) is 5.16. The molecule has 1 aliphatic rings. The van der Waals surface area contributed by atoms with Crippen LogP contribution in [0.2, 0.25) is 0 Å². The monoisotopic (exact) mass is 428 g/mol. The van der Waals surface area contributed by atoms with Crippen LogP contribution in [0, 0.1) is 6.92 Å². The van der Waals surface area contributed by atoms with Crippen LogP contribution in [0.15, 0.2) is 59.8 Å². The fourth-order valence-electron chi connectivity index (χ4n) is 4.13. The lowest BCUT2D eigenvalue weighted by atomic mass is 10.0. The van der Waals surface area contributed by atoms with E-state index in [-0.39, 0.29) is 5.25 Å². The lowest BCUT2D eigenvalue weighted by molar-refractivity contribution is -0.116. The molecule has 0 amide bonds. The summed E-state index contributed by atoms with van der Waals surface area (Å²) in [5, 5.41) is 10.9. The fraction of sp³-hybridized carbons (Fsp3) is 0.280. The Morgan fingerprint density at radius 1 is 1.10 bits per heavy atom. The van der Waals surface area contributed by atoms with Crippen molar-refractivity contribution in [1.29, 1.82) is 0 Å². The first-order valence-corrected chi connectivity index (χ1v) is 11.6. The molecule has 0 spiro atoms. The number of ketones is 1. The molecule has 156 valence electrons.